The molecular weight excluding hydrogens is 436 g/mol. The molecule has 0 aliphatic heterocycles. The lowest BCUT2D eigenvalue weighted by Gasteiger charge is -2.14. The lowest BCUT2D eigenvalue weighted by Crippen LogP contribution is -2.26. The summed E-state index contributed by atoms with van der Waals surface area (Å²) < 4.78 is 5.48. The number of rotatable bonds is 8. The number of nitrogens with one attached hydrogen (secondary N) is 1. The predicted octanol–water partition coefficient (Wildman–Crippen LogP) is 5.24. The molecule has 1 aliphatic carbocycles. The number of nitro benzene ring substituents is 1. The second-order valence-electron chi connectivity index (χ2n) is 7.78. The summed E-state index contributed by atoms with van der Waals surface area (Å²) in [5.74, 6) is -1.37. The smallest absolute Gasteiger partial charge is 0.407 e. The van der Waals surface area contributed by atoms with Crippen molar-refractivity contribution in [3.05, 3.63) is 105 Å². The molecule has 8 heteroatoms. The minimum absolute atomic E-state index is 0.0105. The van der Waals surface area contributed by atoms with Gasteiger partial charge in [-0.1, -0.05) is 60.7 Å². The van der Waals surface area contributed by atoms with Gasteiger partial charge in [-0.15, -0.1) is 0 Å². The number of benzene rings is 3. The highest BCUT2D eigenvalue weighted by Crippen LogP contribution is 2.44. The van der Waals surface area contributed by atoms with E-state index in [0.717, 1.165) is 28.3 Å². The SMILES string of the molecule is O=C(NCCC=Cc1ccc([N+](=O)[O-])c(C(=O)O)c1)OCC1c2ccccc2-c2ccccc21. The van der Waals surface area contributed by atoms with E-state index in [0.29, 0.717) is 18.5 Å². The Balaban J connectivity index is 1.28. The van der Waals surface area contributed by atoms with Crippen LogP contribution in [0.3, 0.4) is 0 Å². The molecule has 1 amide bonds. The maximum Gasteiger partial charge on any atom is 0.407 e. The molecule has 3 aromatic carbocycles. The van der Waals surface area contributed by atoms with E-state index in [-0.39, 0.29) is 18.1 Å². The molecule has 0 radical (unpaired) electrons. The van der Waals surface area contributed by atoms with Crippen molar-refractivity contribution in [2.45, 2.75) is 12.3 Å². The molecule has 8 nitrogen and oxygen atoms in total. The highest BCUT2D eigenvalue weighted by atomic mass is 16.6. The topological polar surface area (TPSA) is 119 Å². The standard InChI is InChI=1S/C26H22N2O6/c29-25(30)22-15-17(12-13-24(22)28(32)33)7-5-6-14-27-26(31)34-16-23-20-10-3-1-8-18(20)19-9-2-4-11-21(19)23/h1-5,7-13,15,23H,6,14,16H2,(H,27,31)(H,29,30). The number of hydrogen-bond donors (Lipinski definition) is 2. The molecule has 172 valence electrons. The van der Waals surface area contributed by atoms with Gasteiger partial charge in [-0.25, -0.2) is 9.59 Å². The molecule has 0 heterocycles. The van der Waals surface area contributed by atoms with Gasteiger partial charge in [0, 0.05) is 18.5 Å². The average molecular weight is 458 g/mol. The van der Waals surface area contributed by atoms with E-state index < -0.39 is 22.7 Å². The Kier molecular flexibility index (Phi) is 6.68. The van der Waals surface area contributed by atoms with Crippen molar-refractivity contribution in [3.63, 3.8) is 0 Å². The van der Waals surface area contributed by atoms with Crippen molar-refractivity contribution in [1.29, 1.82) is 0 Å². The van der Waals surface area contributed by atoms with Crippen LogP contribution < -0.4 is 5.32 Å². The number of hydrogen-bond acceptors (Lipinski definition) is 5. The quantitative estimate of drug-likeness (QED) is 0.271. The Morgan fingerprint density at radius 1 is 1.03 bits per heavy atom. The van der Waals surface area contributed by atoms with Crippen molar-refractivity contribution < 1.29 is 24.4 Å². The Hall–Kier alpha value is -4.46. The number of nitrogens with zero attached hydrogens (tertiary/aromatic N) is 1. The predicted molar refractivity (Wildman–Crippen MR) is 127 cm³/mol. The molecule has 1 aliphatic rings. The summed E-state index contributed by atoms with van der Waals surface area (Å²) in [4.78, 5) is 33.6. The third kappa shape index (κ3) is 4.80. The Morgan fingerprint density at radius 2 is 1.68 bits per heavy atom. The summed E-state index contributed by atoms with van der Waals surface area (Å²) >= 11 is 0. The van der Waals surface area contributed by atoms with Gasteiger partial charge in [-0.3, -0.25) is 10.1 Å². The maximum absolute atomic E-state index is 12.2. The van der Waals surface area contributed by atoms with Crippen LogP contribution in [0.15, 0.2) is 72.8 Å². The van der Waals surface area contributed by atoms with Crippen LogP contribution in [0.2, 0.25) is 0 Å². The van der Waals surface area contributed by atoms with Crippen molar-refractivity contribution in [3.8, 4) is 11.1 Å². The number of carbonyl (C=O) groups excluding carboxylic acids is 1. The first-order chi connectivity index (χ1) is 16.5. The molecule has 2 N–H and O–H groups in total. The molecule has 4 rings (SSSR count). The summed E-state index contributed by atoms with van der Waals surface area (Å²) in [6, 6.07) is 20.1. The zero-order valence-corrected chi connectivity index (χ0v) is 18.1. The van der Waals surface area contributed by atoms with Gasteiger partial charge in [-0.05, 0) is 46.4 Å². The lowest BCUT2D eigenvalue weighted by atomic mass is 9.98. The fourth-order valence-electron chi connectivity index (χ4n) is 4.11. The van der Waals surface area contributed by atoms with Crippen LogP contribution in [0.25, 0.3) is 17.2 Å². The third-order valence-corrected chi connectivity index (χ3v) is 5.68. The first-order valence-electron chi connectivity index (χ1n) is 10.7. The minimum atomic E-state index is -1.36. The molecule has 0 saturated carbocycles. The lowest BCUT2D eigenvalue weighted by molar-refractivity contribution is -0.385. The van der Waals surface area contributed by atoms with Gasteiger partial charge in [0.25, 0.3) is 5.69 Å². The molecule has 3 aromatic rings. The van der Waals surface area contributed by atoms with Gasteiger partial charge in [0.2, 0.25) is 0 Å². The molecule has 0 spiro atoms. The number of aromatic carboxylic acids is 1. The molecule has 0 aromatic heterocycles. The molecule has 0 unspecified atom stereocenters. The van der Waals surface area contributed by atoms with Crippen LogP contribution in [-0.2, 0) is 4.74 Å². The Labute approximate surface area is 195 Å². The number of nitro groups is 1. The van der Waals surface area contributed by atoms with Crippen LogP contribution >= 0.6 is 0 Å². The fraction of sp³-hybridized carbons (Fsp3) is 0.154. The van der Waals surface area contributed by atoms with Crippen molar-refractivity contribution in [2.24, 2.45) is 0 Å². The number of carbonyl (C=O) groups is 2. The van der Waals surface area contributed by atoms with Gasteiger partial charge in [0.1, 0.15) is 12.2 Å². The molecule has 0 fully saturated rings. The highest BCUT2D eigenvalue weighted by Gasteiger charge is 2.28. The Morgan fingerprint density at radius 3 is 2.29 bits per heavy atom. The van der Waals surface area contributed by atoms with Crippen molar-refractivity contribution >= 4 is 23.8 Å². The van der Waals surface area contributed by atoms with Gasteiger partial charge >= 0.3 is 12.1 Å². The van der Waals surface area contributed by atoms with E-state index in [1.165, 1.54) is 12.1 Å². The van der Waals surface area contributed by atoms with E-state index in [1.54, 1.807) is 12.2 Å². The van der Waals surface area contributed by atoms with Gasteiger partial charge in [0.15, 0.2) is 0 Å². The molecular formula is C26H22N2O6. The maximum atomic E-state index is 12.2. The number of carboxylic acids is 1. The number of carboxylic acid groups (broad SMARTS) is 1. The van der Waals surface area contributed by atoms with E-state index in [4.69, 9.17) is 9.84 Å². The monoisotopic (exact) mass is 458 g/mol. The van der Waals surface area contributed by atoms with E-state index in [1.807, 2.05) is 24.3 Å². The van der Waals surface area contributed by atoms with Crippen LogP contribution in [0.1, 0.15) is 39.4 Å². The zero-order chi connectivity index (χ0) is 24.1. The van der Waals surface area contributed by atoms with Gasteiger partial charge < -0.3 is 15.2 Å². The summed E-state index contributed by atoms with van der Waals surface area (Å²) in [7, 11) is 0. The number of amides is 1. The zero-order valence-electron chi connectivity index (χ0n) is 18.1. The summed E-state index contributed by atoms with van der Waals surface area (Å²) in [6.45, 7) is 0.558. The third-order valence-electron chi connectivity index (χ3n) is 5.68. The molecule has 0 saturated heterocycles. The summed E-state index contributed by atoms with van der Waals surface area (Å²) in [5, 5.41) is 22.8. The number of fused-ring (bicyclic) bond motifs is 3. The van der Waals surface area contributed by atoms with Crippen molar-refractivity contribution in [1.82, 2.24) is 5.32 Å². The normalized spacial score (nSPS) is 12.2. The summed E-state index contributed by atoms with van der Waals surface area (Å²) in [5.41, 5.74) is 4.30. The molecule has 0 atom stereocenters. The largest absolute Gasteiger partial charge is 0.477 e. The second kappa shape index (κ2) is 9.99. The first kappa shape index (κ1) is 22.7. The van der Waals surface area contributed by atoms with Crippen molar-refractivity contribution in [2.75, 3.05) is 13.2 Å². The van der Waals surface area contributed by atoms with Crippen LogP contribution in [0.4, 0.5) is 10.5 Å². The van der Waals surface area contributed by atoms with Gasteiger partial charge in [-0.2, -0.15) is 0 Å². The highest BCUT2D eigenvalue weighted by molar-refractivity contribution is 5.93. The molecule has 0 bridgehead atoms. The average Bonchev–Trinajstić information content (AvgIpc) is 3.16. The fourth-order valence-corrected chi connectivity index (χ4v) is 4.11. The van der Waals surface area contributed by atoms with E-state index >= 15 is 0 Å². The van der Waals surface area contributed by atoms with E-state index in [9.17, 15) is 19.7 Å². The number of alkyl carbamates (subject to hydrolysis) is 1. The minimum Gasteiger partial charge on any atom is -0.477 e. The summed E-state index contributed by atoms with van der Waals surface area (Å²) in [6.07, 6.45) is 3.36. The van der Waals surface area contributed by atoms with Crippen LogP contribution in [-0.4, -0.2) is 35.2 Å². The van der Waals surface area contributed by atoms with Gasteiger partial charge in [0.05, 0.1) is 4.92 Å². The second-order valence-corrected chi connectivity index (χ2v) is 7.78. The number of ether oxygens (including phenoxy) is 1. The van der Waals surface area contributed by atoms with E-state index in [2.05, 4.69) is 29.6 Å². The van der Waals surface area contributed by atoms with Crippen LogP contribution in [0.5, 0.6) is 0 Å². The molecule has 34 heavy (non-hydrogen) atoms. The Bertz CT molecular complexity index is 1240. The van der Waals surface area contributed by atoms with Crippen LogP contribution in [0, 0.1) is 10.1 Å². The first-order valence-corrected chi connectivity index (χ1v) is 10.7.